The van der Waals surface area contributed by atoms with Gasteiger partial charge in [-0.2, -0.15) is 0 Å². The topological polar surface area (TPSA) is 118 Å². The van der Waals surface area contributed by atoms with E-state index in [1.54, 1.807) is 0 Å². The highest BCUT2D eigenvalue weighted by atomic mass is 35.5. The van der Waals surface area contributed by atoms with E-state index in [-0.39, 0.29) is 29.3 Å². The molecule has 1 aromatic carbocycles. The van der Waals surface area contributed by atoms with Crippen LogP contribution in [-0.2, 0) is 14.6 Å². The number of amides is 2. The van der Waals surface area contributed by atoms with Crippen molar-refractivity contribution in [2.24, 2.45) is 5.73 Å². The van der Waals surface area contributed by atoms with Gasteiger partial charge in [0.05, 0.1) is 4.90 Å². The fourth-order valence-corrected chi connectivity index (χ4v) is 2.94. The van der Waals surface area contributed by atoms with Crippen LogP contribution in [-0.4, -0.2) is 45.1 Å². The lowest BCUT2D eigenvalue weighted by Crippen LogP contribution is -2.38. The average molecular weight is 364 g/mol. The van der Waals surface area contributed by atoms with Gasteiger partial charge >= 0.3 is 0 Å². The van der Waals surface area contributed by atoms with E-state index in [0.29, 0.717) is 12.1 Å². The maximum atomic E-state index is 11.9. The molecule has 0 radical (unpaired) electrons. The molecule has 0 bridgehead atoms. The Bertz CT molecular complexity index is 632. The van der Waals surface area contributed by atoms with E-state index in [2.05, 4.69) is 10.6 Å². The fourth-order valence-electron chi connectivity index (χ4n) is 1.85. The Morgan fingerprint density at radius 3 is 2.26 bits per heavy atom. The maximum Gasteiger partial charge on any atom is 0.251 e. The van der Waals surface area contributed by atoms with Gasteiger partial charge in [-0.3, -0.25) is 9.59 Å². The number of halogens is 1. The molecular formula is C14H22ClN3O4S. The predicted molar refractivity (Wildman–Crippen MR) is 90.4 cm³/mol. The number of nitrogens with one attached hydrogen (secondary N) is 2. The molecule has 130 valence electrons. The van der Waals surface area contributed by atoms with Crippen molar-refractivity contribution in [2.75, 3.05) is 18.8 Å². The zero-order valence-electron chi connectivity index (χ0n) is 13.0. The lowest BCUT2D eigenvalue weighted by molar-refractivity contribution is -0.115. The summed E-state index contributed by atoms with van der Waals surface area (Å²) in [7, 11) is -3.75. The third kappa shape index (κ3) is 6.98. The number of nitrogens with two attached hydrogens (primary N) is 1. The van der Waals surface area contributed by atoms with Crippen LogP contribution in [0.2, 0.25) is 0 Å². The second-order valence-corrected chi connectivity index (χ2v) is 6.91. The maximum absolute atomic E-state index is 11.9. The Hall–Kier alpha value is -1.64. The third-order valence-corrected chi connectivity index (χ3v) is 4.58. The highest BCUT2D eigenvalue weighted by molar-refractivity contribution is 7.92. The van der Waals surface area contributed by atoms with Gasteiger partial charge in [0.2, 0.25) is 5.91 Å². The van der Waals surface area contributed by atoms with Gasteiger partial charge in [-0.25, -0.2) is 8.42 Å². The minimum Gasteiger partial charge on any atom is -0.369 e. The summed E-state index contributed by atoms with van der Waals surface area (Å²) in [4.78, 5) is 22.6. The largest absolute Gasteiger partial charge is 0.369 e. The summed E-state index contributed by atoms with van der Waals surface area (Å²) in [5.74, 6) is -1.96. The number of primary amides is 1. The van der Waals surface area contributed by atoms with Crippen LogP contribution in [0.3, 0.4) is 0 Å². The zero-order valence-corrected chi connectivity index (χ0v) is 14.7. The number of benzene rings is 1. The molecule has 0 spiro atoms. The van der Waals surface area contributed by atoms with E-state index >= 15 is 0 Å². The van der Waals surface area contributed by atoms with Crippen LogP contribution in [0.1, 0.15) is 24.2 Å². The van der Waals surface area contributed by atoms with Gasteiger partial charge < -0.3 is 16.4 Å². The van der Waals surface area contributed by atoms with Crippen molar-refractivity contribution in [3.63, 3.8) is 0 Å². The molecule has 1 atom stereocenters. The number of sulfone groups is 1. The highest BCUT2D eigenvalue weighted by Crippen LogP contribution is 2.12. The van der Waals surface area contributed by atoms with Crippen molar-refractivity contribution in [1.29, 1.82) is 0 Å². The van der Waals surface area contributed by atoms with Crippen molar-refractivity contribution >= 4 is 34.1 Å². The summed E-state index contributed by atoms with van der Waals surface area (Å²) in [6.45, 7) is 5.20. The molecule has 0 fully saturated rings. The number of carbonyl (C=O) groups excluding carboxylic acids is 2. The number of hydrogen-bond donors (Lipinski definition) is 3. The molecule has 9 heteroatoms. The van der Waals surface area contributed by atoms with Crippen LogP contribution in [0.15, 0.2) is 29.2 Å². The molecule has 0 heterocycles. The van der Waals surface area contributed by atoms with Crippen LogP contribution in [0, 0.1) is 0 Å². The minimum atomic E-state index is -3.75. The Morgan fingerprint density at radius 2 is 1.78 bits per heavy atom. The van der Waals surface area contributed by atoms with E-state index in [9.17, 15) is 18.0 Å². The standard InChI is InChI=1S/C14H21N3O4S.ClH/c1-3-16-10(2)8-17-14(19)11-4-6-12(7-5-11)22(20,21)9-13(15)18;/h4-7,10,16H,3,8-9H2,1-2H3,(H2,15,18)(H,17,19);1H/t10-;/m1./s1. The molecule has 1 aromatic rings. The zero-order chi connectivity index (χ0) is 16.8. The second kappa shape index (κ2) is 9.49. The molecule has 0 aromatic heterocycles. The van der Waals surface area contributed by atoms with Gasteiger partial charge in [-0.1, -0.05) is 6.92 Å². The summed E-state index contributed by atoms with van der Waals surface area (Å²) in [5.41, 5.74) is 5.25. The number of likely N-dealkylation sites (N-methyl/N-ethyl adjacent to an activating group) is 1. The van der Waals surface area contributed by atoms with Crippen LogP contribution < -0.4 is 16.4 Å². The smallest absolute Gasteiger partial charge is 0.251 e. The molecule has 23 heavy (non-hydrogen) atoms. The first-order valence-corrected chi connectivity index (χ1v) is 8.54. The molecule has 0 saturated carbocycles. The second-order valence-electron chi connectivity index (χ2n) is 4.92. The first-order valence-electron chi connectivity index (χ1n) is 6.89. The van der Waals surface area contributed by atoms with Gasteiger partial charge in [-0.15, -0.1) is 12.4 Å². The van der Waals surface area contributed by atoms with Crippen LogP contribution in [0.4, 0.5) is 0 Å². The van der Waals surface area contributed by atoms with Crippen molar-refractivity contribution in [3.8, 4) is 0 Å². The van der Waals surface area contributed by atoms with Crippen LogP contribution >= 0.6 is 12.4 Å². The molecular weight excluding hydrogens is 342 g/mol. The van der Waals surface area contributed by atoms with Gasteiger partial charge in [0.15, 0.2) is 9.84 Å². The molecule has 0 unspecified atom stereocenters. The summed E-state index contributed by atoms with van der Waals surface area (Å²) in [6.07, 6.45) is 0. The first kappa shape index (κ1) is 21.4. The van der Waals surface area contributed by atoms with E-state index in [1.807, 2.05) is 13.8 Å². The molecule has 0 aliphatic rings. The van der Waals surface area contributed by atoms with Crippen LogP contribution in [0.25, 0.3) is 0 Å². The average Bonchev–Trinajstić information content (AvgIpc) is 2.44. The number of hydrogen-bond acceptors (Lipinski definition) is 5. The van der Waals surface area contributed by atoms with Gasteiger partial charge in [-0.05, 0) is 37.7 Å². The SMILES string of the molecule is CCN[C@H](C)CNC(=O)c1ccc(S(=O)(=O)CC(N)=O)cc1.Cl. The summed E-state index contributed by atoms with van der Waals surface area (Å²) in [6, 6.07) is 5.54. The Balaban J connectivity index is 0.00000484. The molecule has 2 amide bonds. The van der Waals surface area contributed by atoms with Crippen LogP contribution in [0.5, 0.6) is 0 Å². The fraction of sp³-hybridized carbons (Fsp3) is 0.429. The monoisotopic (exact) mass is 363 g/mol. The number of rotatable bonds is 8. The Labute approximate surface area is 142 Å². The third-order valence-electron chi connectivity index (χ3n) is 2.93. The quantitative estimate of drug-likeness (QED) is 0.605. The van der Waals surface area contributed by atoms with Crippen molar-refractivity contribution in [2.45, 2.75) is 24.8 Å². The van der Waals surface area contributed by atoms with Gasteiger partial charge in [0.1, 0.15) is 5.75 Å². The Morgan fingerprint density at radius 1 is 1.22 bits per heavy atom. The first-order chi connectivity index (χ1) is 10.3. The van der Waals surface area contributed by atoms with Crippen molar-refractivity contribution in [3.05, 3.63) is 29.8 Å². The number of carbonyl (C=O) groups is 2. The van der Waals surface area contributed by atoms with Gasteiger partial charge in [0, 0.05) is 18.2 Å². The minimum absolute atomic E-state index is 0. The van der Waals surface area contributed by atoms with Crippen molar-refractivity contribution < 1.29 is 18.0 Å². The van der Waals surface area contributed by atoms with E-state index in [1.165, 1.54) is 24.3 Å². The molecule has 0 aliphatic heterocycles. The predicted octanol–water partition coefficient (Wildman–Crippen LogP) is 0.0952. The van der Waals surface area contributed by atoms with Crippen molar-refractivity contribution in [1.82, 2.24) is 10.6 Å². The van der Waals surface area contributed by atoms with E-state index < -0.39 is 21.5 Å². The Kier molecular flexibility index (Phi) is 8.81. The van der Waals surface area contributed by atoms with E-state index in [4.69, 9.17) is 5.73 Å². The molecule has 0 saturated heterocycles. The summed E-state index contributed by atoms with van der Waals surface area (Å²) < 4.78 is 23.6. The lowest BCUT2D eigenvalue weighted by atomic mass is 10.2. The molecule has 1 rings (SSSR count). The molecule has 4 N–H and O–H groups in total. The van der Waals surface area contributed by atoms with E-state index in [0.717, 1.165) is 6.54 Å². The molecule has 0 aliphatic carbocycles. The molecule has 7 nitrogen and oxygen atoms in total. The lowest BCUT2D eigenvalue weighted by Gasteiger charge is -2.13. The highest BCUT2D eigenvalue weighted by Gasteiger charge is 2.18. The summed E-state index contributed by atoms with van der Waals surface area (Å²) in [5, 5.41) is 5.91. The summed E-state index contributed by atoms with van der Waals surface area (Å²) >= 11 is 0. The van der Waals surface area contributed by atoms with Gasteiger partial charge in [0.25, 0.3) is 5.91 Å². The normalized spacial score (nSPS) is 12.1.